The number of fused-ring (bicyclic) bond motifs is 1. The van der Waals surface area contributed by atoms with Crippen molar-refractivity contribution < 1.29 is 17.6 Å². The maximum absolute atomic E-state index is 13.2. The Kier molecular flexibility index (Phi) is 5.18. The van der Waals surface area contributed by atoms with Crippen molar-refractivity contribution in [3.8, 4) is 0 Å². The predicted octanol–water partition coefficient (Wildman–Crippen LogP) is 4.13. The summed E-state index contributed by atoms with van der Waals surface area (Å²) < 4.78 is 41.0. The zero-order chi connectivity index (χ0) is 19.1. The summed E-state index contributed by atoms with van der Waals surface area (Å²) in [6.07, 6.45) is 0. The number of benzene rings is 2. The van der Waals surface area contributed by atoms with Crippen molar-refractivity contribution in [1.82, 2.24) is 0 Å². The molecule has 1 N–H and O–H groups in total. The Labute approximate surface area is 160 Å². The summed E-state index contributed by atoms with van der Waals surface area (Å²) in [4.78, 5) is 14.4. The molecule has 1 aliphatic rings. The Morgan fingerprint density at radius 3 is 2.69 bits per heavy atom. The molecule has 0 fully saturated rings. The van der Waals surface area contributed by atoms with Crippen molar-refractivity contribution in [3.63, 3.8) is 0 Å². The van der Waals surface area contributed by atoms with Crippen LogP contribution < -0.4 is 9.62 Å². The standard InChI is InChI=1S/C17H16ClFN2O3S2/c1-10-9-21(11(2)22)16-8-13(4-6-17(16)25-10)26(23,24)20-12-3-5-15(19)14(18)7-12/h3-8,10,20H,9H2,1-2H3/t10-/m1/s1. The van der Waals surface area contributed by atoms with Crippen LogP contribution in [0.3, 0.4) is 0 Å². The van der Waals surface area contributed by atoms with Crippen LogP contribution in [-0.4, -0.2) is 26.1 Å². The molecular weight excluding hydrogens is 399 g/mol. The summed E-state index contributed by atoms with van der Waals surface area (Å²) in [6, 6.07) is 8.22. The first kappa shape index (κ1) is 19.0. The van der Waals surface area contributed by atoms with Gasteiger partial charge < -0.3 is 4.90 Å². The summed E-state index contributed by atoms with van der Waals surface area (Å²) >= 11 is 7.29. The minimum absolute atomic E-state index is 0.0121. The number of carbonyl (C=O) groups is 1. The van der Waals surface area contributed by atoms with Crippen LogP contribution >= 0.6 is 23.4 Å². The highest BCUT2D eigenvalue weighted by Crippen LogP contribution is 2.40. The van der Waals surface area contributed by atoms with Crippen LogP contribution in [0, 0.1) is 5.82 Å². The molecule has 0 aliphatic carbocycles. The fraction of sp³-hybridized carbons (Fsp3) is 0.235. The lowest BCUT2D eigenvalue weighted by molar-refractivity contribution is -0.116. The van der Waals surface area contributed by atoms with Crippen LogP contribution in [0.25, 0.3) is 0 Å². The third kappa shape index (κ3) is 3.82. The van der Waals surface area contributed by atoms with E-state index >= 15 is 0 Å². The molecular formula is C17H16ClFN2O3S2. The maximum atomic E-state index is 13.2. The predicted molar refractivity (Wildman–Crippen MR) is 102 cm³/mol. The highest BCUT2D eigenvalue weighted by Gasteiger charge is 2.27. The molecule has 1 amide bonds. The van der Waals surface area contributed by atoms with Crippen LogP contribution in [0.2, 0.25) is 5.02 Å². The molecule has 0 spiro atoms. The zero-order valence-electron chi connectivity index (χ0n) is 14.0. The molecule has 0 aromatic heterocycles. The van der Waals surface area contributed by atoms with Gasteiger partial charge in [0.15, 0.2) is 0 Å². The highest BCUT2D eigenvalue weighted by molar-refractivity contribution is 8.00. The quantitative estimate of drug-likeness (QED) is 0.820. The van der Waals surface area contributed by atoms with Crippen molar-refractivity contribution in [2.45, 2.75) is 28.9 Å². The zero-order valence-corrected chi connectivity index (χ0v) is 16.4. The molecule has 1 atom stereocenters. The van der Waals surface area contributed by atoms with Crippen molar-refractivity contribution in [3.05, 3.63) is 47.2 Å². The monoisotopic (exact) mass is 414 g/mol. The minimum Gasteiger partial charge on any atom is -0.310 e. The Morgan fingerprint density at radius 2 is 2.04 bits per heavy atom. The van der Waals surface area contributed by atoms with Crippen LogP contribution in [0.4, 0.5) is 15.8 Å². The van der Waals surface area contributed by atoms with Gasteiger partial charge in [-0.25, -0.2) is 12.8 Å². The number of rotatable bonds is 3. The summed E-state index contributed by atoms with van der Waals surface area (Å²) in [5.74, 6) is -0.780. The van der Waals surface area contributed by atoms with Gasteiger partial charge in [0.05, 0.1) is 21.3 Å². The number of nitrogens with zero attached hydrogens (tertiary/aromatic N) is 1. The summed E-state index contributed by atoms with van der Waals surface area (Å²) in [5.41, 5.74) is 0.723. The largest absolute Gasteiger partial charge is 0.310 e. The van der Waals surface area contributed by atoms with Crippen LogP contribution in [0.5, 0.6) is 0 Å². The molecule has 2 aromatic carbocycles. The topological polar surface area (TPSA) is 66.5 Å². The van der Waals surface area contributed by atoms with E-state index in [1.54, 1.807) is 22.7 Å². The van der Waals surface area contributed by atoms with Gasteiger partial charge in [0.25, 0.3) is 10.0 Å². The Bertz CT molecular complexity index is 982. The lowest BCUT2D eigenvalue weighted by Gasteiger charge is -2.32. The summed E-state index contributed by atoms with van der Waals surface area (Å²) in [5, 5.41) is 0.0390. The molecule has 1 heterocycles. The first-order valence-electron chi connectivity index (χ1n) is 7.74. The van der Waals surface area contributed by atoms with Crippen LogP contribution in [-0.2, 0) is 14.8 Å². The van der Waals surface area contributed by atoms with Gasteiger partial charge in [-0.2, -0.15) is 0 Å². The number of sulfonamides is 1. The van der Waals surface area contributed by atoms with Gasteiger partial charge in [0.1, 0.15) is 5.82 Å². The van der Waals surface area contributed by atoms with Gasteiger partial charge in [-0.3, -0.25) is 9.52 Å². The van der Waals surface area contributed by atoms with E-state index in [2.05, 4.69) is 4.72 Å². The fourth-order valence-corrected chi connectivity index (χ4v) is 5.00. The minimum atomic E-state index is -3.92. The third-order valence-corrected chi connectivity index (χ3v) is 6.67. The van der Waals surface area contributed by atoms with Gasteiger partial charge in [-0.1, -0.05) is 18.5 Å². The average Bonchev–Trinajstić information content (AvgIpc) is 2.56. The van der Waals surface area contributed by atoms with E-state index in [0.717, 1.165) is 11.0 Å². The number of thioether (sulfide) groups is 1. The average molecular weight is 415 g/mol. The second-order valence-corrected chi connectivity index (χ2v) is 9.49. The Morgan fingerprint density at radius 1 is 1.31 bits per heavy atom. The third-order valence-electron chi connectivity index (χ3n) is 3.85. The molecule has 3 rings (SSSR count). The highest BCUT2D eigenvalue weighted by atomic mass is 35.5. The molecule has 0 unspecified atom stereocenters. The number of anilines is 2. The SMILES string of the molecule is CC(=O)N1C[C@@H](C)Sc2ccc(S(=O)(=O)Nc3ccc(F)c(Cl)c3)cc21. The van der Waals surface area contributed by atoms with E-state index < -0.39 is 15.8 Å². The van der Waals surface area contributed by atoms with Gasteiger partial charge in [0.2, 0.25) is 5.91 Å². The van der Waals surface area contributed by atoms with Crippen molar-refractivity contribution >= 4 is 50.7 Å². The lowest BCUT2D eigenvalue weighted by Crippen LogP contribution is -2.37. The van der Waals surface area contributed by atoms with E-state index in [4.69, 9.17) is 11.6 Å². The lowest BCUT2D eigenvalue weighted by atomic mass is 10.2. The summed E-state index contributed by atoms with van der Waals surface area (Å²) in [7, 11) is -3.92. The fourth-order valence-electron chi connectivity index (χ4n) is 2.66. The van der Waals surface area contributed by atoms with E-state index in [1.807, 2.05) is 6.92 Å². The van der Waals surface area contributed by atoms with Gasteiger partial charge in [-0.15, -0.1) is 11.8 Å². The van der Waals surface area contributed by atoms with Crippen LogP contribution in [0.15, 0.2) is 46.2 Å². The van der Waals surface area contributed by atoms with Crippen molar-refractivity contribution in [1.29, 1.82) is 0 Å². The van der Waals surface area contributed by atoms with E-state index in [-0.39, 0.29) is 26.8 Å². The molecule has 5 nitrogen and oxygen atoms in total. The van der Waals surface area contributed by atoms with E-state index in [9.17, 15) is 17.6 Å². The Balaban J connectivity index is 1.97. The summed E-state index contributed by atoms with van der Waals surface area (Å²) in [6.45, 7) is 3.97. The molecule has 2 aromatic rings. The number of hydrogen-bond donors (Lipinski definition) is 1. The van der Waals surface area contributed by atoms with Gasteiger partial charge >= 0.3 is 0 Å². The second kappa shape index (κ2) is 7.09. The molecule has 0 bridgehead atoms. The number of halogens is 2. The number of nitrogens with one attached hydrogen (secondary N) is 1. The van der Waals surface area contributed by atoms with E-state index in [1.165, 1.54) is 31.2 Å². The first-order valence-corrected chi connectivity index (χ1v) is 10.5. The Hall–Kier alpha value is -1.77. The molecule has 26 heavy (non-hydrogen) atoms. The molecule has 0 saturated carbocycles. The van der Waals surface area contributed by atoms with Crippen molar-refractivity contribution in [2.24, 2.45) is 0 Å². The van der Waals surface area contributed by atoms with Gasteiger partial charge in [0, 0.05) is 23.6 Å². The number of hydrogen-bond acceptors (Lipinski definition) is 4. The van der Waals surface area contributed by atoms with Crippen LogP contribution in [0.1, 0.15) is 13.8 Å². The van der Waals surface area contributed by atoms with Crippen molar-refractivity contribution in [2.75, 3.05) is 16.2 Å². The molecule has 1 aliphatic heterocycles. The van der Waals surface area contributed by atoms with Gasteiger partial charge in [-0.05, 0) is 36.4 Å². The molecule has 0 saturated heterocycles. The number of carbonyl (C=O) groups excluding carboxylic acids is 1. The normalized spacial score (nSPS) is 16.9. The van der Waals surface area contributed by atoms with E-state index in [0.29, 0.717) is 12.2 Å². The smallest absolute Gasteiger partial charge is 0.261 e. The second-order valence-electron chi connectivity index (χ2n) is 5.92. The first-order chi connectivity index (χ1) is 12.2. The maximum Gasteiger partial charge on any atom is 0.261 e. The molecule has 0 radical (unpaired) electrons. The number of amides is 1. The molecule has 138 valence electrons. The molecule has 9 heteroatoms.